The number of imidazole rings is 1. The second kappa shape index (κ2) is 3.77. The molecule has 1 N–H and O–H groups in total. The van der Waals surface area contributed by atoms with Crippen LogP contribution in [0.5, 0.6) is 0 Å². The quantitative estimate of drug-likeness (QED) is 0.773. The number of hydrogen-bond donors (Lipinski definition) is 1. The van der Waals surface area contributed by atoms with Crippen LogP contribution in [0, 0.1) is 16.4 Å². The topological polar surface area (TPSA) is 20.7 Å². The Hall–Kier alpha value is -1.49. The van der Waals surface area contributed by atoms with Crippen molar-refractivity contribution >= 4 is 12.2 Å². The monoisotopic (exact) mass is 252 g/mol. The number of fused-ring (bicyclic) bond motifs is 1. The van der Waals surface area contributed by atoms with Crippen molar-refractivity contribution in [2.24, 2.45) is 0 Å². The van der Waals surface area contributed by atoms with Gasteiger partial charge in [-0.05, 0) is 42.4 Å². The van der Waals surface area contributed by atoms with Crippen LogP contribution in [-0.4, -0.2) is 9.55 Å². The molecule has 3 rings (SSSR count). The Kier molecular flexibility index (Phi) is 2.36. The number of benzene rings is 1. The molecule has 1 aliphatic heterocycles. The zero-order valence-corrected chi connectivity index (χ0v) is 9.73. The number of hydrogen-bond acceptors (Lipinski definition) is 1. The second-order valence-electron chi connectivity index (χ2n) is 4.26. The lowest BCUT2D eigenvalue weighted by atomic mass is 9.96. The van der Waals surface area contributed by atoms with Crippen molar-refractivity contribution in [2.75, 3.05) is 0 Å². The molecule has 0 amide bonds. The first-order valence-corrected chi connectivity index (χ1v) is 5.78. The highest BCUT2D eigenvalue weighted by atomic mass is 32.1. The standard InChI is InChI=1S/C12H10F2N2S/c13-8-1-2-11(14)10(4-8)7-3-9-5-15-12(17)16(9)6-7/h1-2,4-5,7H,3,6H2,(H,15,17). The molecule has 1 aromatic carbocycles. The van der Waals surface area contributed by atoms with Crippen molar-refractivity contribution in [1.29, 1.82) is 0 Å². The summed E-state index contributed by atoms with van der Waals surface area (Å²) in [5, 5.41) is 0. The van der Waals surface area contributed by atoms with E-state index in [-0.39, 0.29) is 11.7 Å². The van der Waals surface area contributed by atoms with Crippen molar-refractivity contribution in [1.82, 2.24) is 9.55 Å². The lowest BCUT2D eigenvalue weighted by molar-refractivity contribution is 0.548. The van der Waals surface area contributed by atoms with Gasteiger partial charge in [-0.3, -0.25) is 0 Å². The summed E-state index contributed by atoms with van der Waals surface area (Å²) in [5.74, 6) is -0.780. The van der Waals surface area contributed by atoms with Gasteiger partial charge in [0.15, 0.2) is 4.77 Å². The third kappa shape index (κ3) is 1.70. The third-order valence-electron chi connectivity index (χ3n) is 3.21. The van der Waals surface area contributed by atoms with Gasteiger partial charge < -0.3 is 9.55 Å². The molecule has 0 bridgehead atoms. The van der Waals surface area contributed by atoms with Gasteiger partial charge in [-0.2, -0.15) is 0 Å². The van der Waals surface area contributed by atoms with Crippen LogP contribution < -0.4 is 0 Å². The van der Waals surface area contributed by atoms with Gasteiger partial charge in [0, 0.05) is 24.4 Å². The van der Waals surface area contributed by atoms with E-state index in [0.717, 1.165) is 11.8 Å². The molecular weight excluding hydrogens is 242 g/mol. The maximum absolute atomic E-state index is 13.6. The molecule has 0 aliphatic carbocycles. The smallest absolute Gasteiger partial charge is 0.177 e. The van der Waals surface area contributed by atoms with E-state index in [1.807, 2.05) is 10.8 Å². The van der Waals surface area contributed by atoms with Gasteiger partial charge in [-0.25, -0.2) is 8.78 Å². The number of aromatic nitrogens is 2. The van der Waals surface area contributed by atoms with Gasteiger partial charge in [-0.15, -0.1) is 0 Å². The highest BCUT2D eigenvalue weighted by Crippen LogP contribution is 2.31. The molecule has 1 unspecified atom stereocenters. The van der Waals surface area contributed by atoms with E-state index in [1.54, 1.807) is 0 Å². The van der Waals surface area contributed by atoms with E-state index >= 15 is 0 Å². The molecule has 1 atom stereocenters. The average molecular weight is 252 g/mol. The Morgan fingerprint density at radius 2 is 2.18 bits per heavy atom. The molecule has 2 heterocycles. The normalized spacial score (nSPS) is 18.4. The van der Waals surface area contributed by atoms with Gasteiger partial charge >= 0.3 is 0 Å². The Bertz CT molecular complexity index is 630. The molecule has 0 radical (unpaired) electrons. The Balaban J connectivity index is 1.99. The van der Waals surface area contributed by atoms with E-state index in [2.05, 4.69) is 4.98 Å². The maximum atomic E-state index is 13.6. The van der Waals surface area contributed by atoms with Gasteiger partial charge in [-0.1, -0.05) is 0 Å². The van der Waals surface area contributed by atoms with Crippen LogP contribution in [0.2, 0.25) is 0 Å². The molecular formula is C12H10F2N2S. The molecule has 2 nitrogen and oxygen atoms in total. The molecule has 17 heavy (non-hydrogen) atoms. The largest absolute Gasteiger partial charge is 0.337 e. The van der Waals surface area contributed by atoms with Gasteiger partial charge in [0.05, 0.1) is 0 Å². The molecule has 2 aromatic rings. The molecule has 0 saturated carbocycles. The van der Waals surface area contributed by atoms with Crippen LogP contribution in [0.1, 0.15) is 17.2 Å². The summed E-state index contributed by atoms with van der Waals surface area (Å²) in [4.78, 5) is 2.95. The van der Waals surface area contributed by atoms with Crippen LogP contribution in [0.4, 0.5) is 8.78 Å². The summed E-state index contributed by atoms with van der Waals surface area (Å²) in [5.41, 5.74) is 1.48. The highest BCUT2D eigenvalue weighted by molar-refractivity contribution is 7.71. The number of H-pyrrole nitrogens is 1. The second-order valence-corrected chi connectivity index (χ2v) is 4.65. The minimum absolute atomic E-state index is 0.0306. The van der Waals surface area contributed by atoms with Crippen LogP contribution in [-0.2, 0) is 13.0 Å². The van der Waals surface area contributed by atoms with E-state index in [9.17, 15) is 8.78 Å². The van der Waals surface area contributed by atoms with Crippen molar-refractivity contribution in [3.05, 3.63) is 52.1 Å². The molecule has 5 heteroatoms. The fourth-order valence-electron chi connectivity index (χ4n) is 2.37. The van der Waals surface area contributed by atoms with Gasteiger partial charge in [0.25, 0.3) is 0 Å². The first-order valence-electron chi connectivity index (χ1n) is 5.37. The van der Waals surface area contributed by atoms with Crippen molar-refractivity contribution in [2.45, 2.75) is 18.9 Å². The molecule has 1 aromatic heterocycles. The summed E-state index contributed by atoms with van der Waals surface area (Å²) in [7, 11) is 0. The zero-order valence-electron chi connectivity index (χ0n) is 8.91. The summed E-state index contributed by atoms with van der Waals surface area (Å²) in [6, 6.07) is 3.60. The van der Waals surface area contributed by atoms with Crippen molar-refractivity contribution in [3.63, 3.8) is 0 Å². The number of aromatic amines is 1. The van der Waals surface area contributed by atoms with Gasteiger partial charge in [0.1, 0.15) is 11.6 Å². The van der Waals surface area contributed by atoms with E-state index in [0.29, 0.717) is 23.3 Å². The van der Waals surface area contributed by atoms with E-state index < -0.39 is 5.82 Å². The fraction of sp³-hybridized carbons (Fsp3) is 0.250. The van der Waals surface area contributed by atoms with Crippen molar-refractivity contribution < 1.29 is 8.78 Å². The van der Waals surface area contributed by atoms with E-state index in [4.69, 9.17) is 12.2 Å². The Morgan fingerprint density at radius 3 is 2.94 bits per heavy atom. The molecule has 0 fully saturated rings. The van der Waals surface area contributed by atoms with Crippen LogP contribution in [0.15, 0.2) is 24.4 Å². The molecule has 0 saturated heterocycles. The number of nitrogens with zero attached hydrogens (tertiary/aromatic N) is 1. The molecule has 1 aliphatic rings. The Morgan fingerprint density at radius 1 is 1.35 bits per heavy atom. The third-order valence-corrected chi connectivity index (χ3v) is 3.55. The lowest BCUT2D eigenvalue weighted by Crippen LogP contribution is -2.04. The summed E-state index contributed by atoms with van der Waals surface area (Å²) < 4.78 is 29.3. The number of halogens is 2. The first-order chi connectivity index (χ1) is 8.15. The summed E-state index contributed by atoms with van der Waals surface area (Å²) >= 11 is 5.11. The minimum Gasteiger partial charge on any atom is -0.337 e. The van der Waals surface area contributed by atoms with E-state index in [1.165, 1.54) is 12.1 Å². The predicted octanol–water partition coefficient (Wildman–Crippen LogP) is 3.16. The fourth-order valence-corrected chi connectivity index (χ4v) is 2.62. The maximum Gasteiger partial charge on any atom is 0.177 e. The first kappa shape index (κ1) is 10.7. The van der Waals surface area contributed by atoms with Crippen molar-refractivity contribution in [3.8, 4) is 0 Å². The molecule has 0 spiro atoms. The average Bonchev–Trinajstić information content (AvgIpc) is 2.85. The predicted molar refractivity (Wildman–Crippen MR) is 62.4 cm³/mol. The summed E-state index contributed by atoms with van der Waals surface area (Å²) in [6.07, 6.45) is 2.52. The number of rotatable bonds is 1. The van der Waals surface area contributed by atoms with Crippen LogP contribution >= 0.6 is 12.2 Å². The van der Waals surface area contributed by atoms with Gasteiger partial charge in [0.2, 0.25) is 0 Å². The minimum atomic E-state index is -0.400. The lowest BCUT2D eigenvalue weighted by Gasteiger charge is -2.10. The number of nitrogens with one attached hydrogen (secondary N) is 1. The SMILES string of the molecule is Fc1ccc(F)c(C2Cc3c[nH]c(=S)n3C2)c1. The van der Waals surface area contributed by atoms with Crippen LogP contribution in [0.25, 0.3) is 0 Å². The molecule has 88 valence electrons. The zero-order chi connectivity index (χ0) is 12.0. The Labute approximate surface area is 102 Å². The highest BCUT2D eigenvalue weighted by Gasteiger charge is 2.26. The summed E-state index contributed by atoms with van der Waals surface area (Å²) in [6.45, 7) is 0.609. The van der Waals surface area contributed by atoms with Crippen LogP contribution in [0.3, 0.4) is 0 Å².